The lowest BCUT2D eigenvalue weighted by Crippen LogP contribution is -1.95. The Balaban J connectivity index is 2.19. The van der Waals surface area contributed by atoms with E-state index in [0.29, 0.717) is 0 Å². The number of allylic oxidation sites excluding steroid dienone is 4. The molecule has 0 aromatic heterocycles. The summed E-state index contributed by atoms with van der Waals surface area (Å²) in [4.78, 5) is 0. The van der Waals surface area contributed by atoms with E-state index < -0.39 is 0 Å². The Labute approximate surface area is 96.2 Å². The number of ether oxygens (including phenoxy) is 2. The van der Waals surface area contributed by atoms with E-state index in [4.69, 9.17) is 9.47 Å². The molecule has 0 radical (unpaired) electrons. The van der Waals surface area contributed by atoms with Crippen LogP contribution in [-0.2, 0) is 4.74 Å². The Morgan fingerprint density at radius 1 is 0.875 bits per heavy atom. The van der Waals surface area contributed by atoms with Gasteiger partial charge in [0.15, 0.2) is 0 Å². The molecular weight excluding hydrogens is 200 g/mol. The standard InChI is InChI=1S/C14H16O2/c1-15-13-7-3-11(4-8-13)12-5-9-14(16-2)10-6-12/h3-5,7-9H,6,10H2,1-2H3. The highest BCUT2D eigenvalue weighted by molar-refractivity contribution is 5.68. The van der Waals surface area contributed by atoms with E-state index >= 15 is 0 Å². The molecule has 84 valence electrons. The van der Waals surface area contributed by atoms with Crippen LogP contribution in [0.4, 0.5) is 0 Å². The zero-order chi connectivity index (χ0) is 11.4. The number of hydrogen-bond donors (Lipinski definition) is 0. The molecule has 2 nitrogen and oxygen atoms in total. The van der Waals surface area contributed by atoms with Crippen molar-refractivity contribution in [3.05, 3.63) is 47.7 Å². The topological polar surface area (TPSA) is 18.5 Å². The van der Waals surface area contributed by atoms with Crippen LogP contribution >= 0.6 is 0 Å². The van der Waals surface area contributed by atoms with Crippen molar-refractivity contribution in [2.24, 2.45) is 0 Å². The predicted molar refractivity (Wildman–Crippen MR) is 65.3 cm³/mol. The zero-order valence-corrected chi connectivity index (χ0v) is 9.69. The molecule has 0 atom stereocenters. The molecule has 0 saturated heterocycles. The fourth-order valence-electron chi connectivity index (χ4n) is 1.83. The first kappa shape index (κ1) is 10.8. The highest BCUT2D eigenvalue weighted by Crippen LogP contribution is 2.27. The lowest BCUT2D eigenvalue weighted by atomic mass is 9.96. The van der Waals surface area contributed by atoms with Gasteiger partial charge in [-0.25, -0.2) is 0 Å². The van der Waals surface area contributed by atoms with Gasteiger partial charge in [-0.05, 0) is 35.8 Å². The van der Waals surface area contributed by atoms with Crippen molar-refractivity contribution >= 4 is 5.57 Å². The van der Waals surface area contributed by atoms with Crippen molar-refractivity contribution in [3.63, 3.8) is 0 Å². The normalized spacial score (nSPS) is 15.1. The smallest absolute Gasteiger partial charge is 0.118 e. The van der Waals surface area contributed by atoms with Crippen molar-refractivity contribution in [1.82, 2.24) is 0 Å². The third-order valence-electron chi connectivity index (χ3n) is 2.83. The van der Waals surface area contributed by atoms with Crippen LogP contribution in [0.25, 0.3) is 5.57 Å². The molecule has 2 rings (SSSR count). The Morgan fingerprint density at radius 3 is 2.12 bits per heavy atom. The summed E-state index contributed by atoms with van der Waals surface area (Å²) in [5.41, 5.74) is 2.61. The van der Waals surface area contributed by atoms with Gasteiger partial charge in [-0.1, -0.05) is 18.2 Å². The van der Waals surface area contributed by atoms with Crippen LogP contribution in [0.15, 0.2) is 42.2 Å². The van der Waals surface area contributed by atoms with Crippen molar-refractivity contribution in [1.29, 1.82) is 0 Å². The molecule has 1 aromatic carbocycles. The summed E-state index contributed by atoms with van der Waals surface area (Å²) in [6.45, 7) is 0. The van der Waals surface area contributed by atoms with E-state index in [-0.39, 0.29) is 0 Å². The Hall–Kier alpha value is -1.70. The van der Waals surface area contributed by atoms with Gasteiger partial charge in [0, 0.05) is 6.42 Å². The molecule has 0 bridgehead atoms. The lowest BCUT2D eigenvalue weighted by molar-refractivity contribution is 0.277. The first-order valence-corrected chi connectivity index (χ1v) is 5.41. The molecule has 0 amide bonds. The summed E-state index contributed by atoms with van der Waals surface area (Å²) in [6.07, 6.45) is 6.19. The Kier molecular flexibility index (Phi) is 3.30. The minimum absolute atomic E-state index is 0.897. The van der Waals surface area contributed by atoms with Gasteiger partial charge >= 0.3 is 0 Å². The Morgan fingerprint density at radius 2 is 1.62 bits per heavy atom. The van der Waals surface area contributed by atoms with Gasteiger partial charge < -0.3 is 9.47 Å². The largest absolute Gasteiger partial charge is 0.501 e. The van der Waals surface area contributed by atoms with Crippen molar-refractivity contribution in [2.75, 3.05) is 14.2 Å². The van der Waals surface area contributed by atoms with Crippen molar-refractivity contribution < 1.29 is 9.47 Å². The quantitative estimate of drug-likeness (QED) is 0.771. The van der Waals surface area contributed by atoms with Crippen molar-refractivity contribution in [3.8, 4) is 5.75 Å². The highest BCUT2D eigenvalue weighted by atomic mass is 16.5. The minimum atomic E-state index is 0.897. The molecule has 16 heavy (non-hydrogen) atoms. The van der Waals surface area contributed by atoms with Crippen LogP contribution in [0.5, 0.6) is 5.75 Å². The van der Waals surface area contributed by atoms with E-state index in [9.17, 15) is 0 Å². The average Bonchev–Trinajstić information content (AvgIpc) is 2.39. The summed E-state index contributed by atoms with van der Waals surface area (Å²) >= 11 is 0. The number of rotatable bonds is 3. The van der Waals surface area contributed by atoms with Crippen LogP contribution in [0.1, 0.15) is 18.4 Å². The molecule has 0 saturated carbocycles. The molecule has 0 spiro atoms. The molecule has 0 heterocycles. The summed E-state index contributed by atoms with van der Waals surface area (Å²) in [7, 11) is 3.40. The monoisotopic (exact) mass is 216 g/mol. The second-order valence-electron chi connectivity index (χ2n) is 3.76. The number of methoxy groups -OCH3 is 2. The first-order chi connectivity index (χ1) is 7.83. The van der Waals surface area contributed by atoms with Gasteiger partial charge in [0.05, 0.1) is 20.0 Å². The lowest BCUT2D eigenvalue weighted by Gasteiger charge is -2.14. The van der Waals surface area contributed by atoms with E-state index in [1.807, 2.05) is 18.2 Å². The van der Waals surface area contributed by atoms with Gasteiger partial charge in [-0.15, -0.1) is 0 Å². The van der Waals surface area contributed by atoms with Crippen molar-refractivity contribution in [2.45, 2.75) is 12.8 Å². The first-order valence-electron chi connectivity index (χ1n) is 5.41. The second-order valence-corrected chi connectivity index (χ2v) is 3.76. The number of hydrogen-bond acceptors (Lipinski definition) is 2. The highest BCUT2D eigenvalue weighted by Gasteiger charge is 2.08. The summed E-state index contributed by atoms with van der Waals surface area (Å²) < 4.78 is 10.3. The number of benzene rings is 1. The molecular formula is C14H16O2. The van der Waals surface area contributed by atoms with Crippen LogP contribution in [0.2, 0.25) is 0 Å². The van der Waals surface area contributed by atoms with E-state index in [2.05, 4.69) is 18.2 Å². The molecule has 0 N–H and O–H groups in total. The fourth-order valence-corrected chi connectivity index (χ4v) is 1.83. The molecule has 2 heteroatoms. The minimum Gasteiger partial charge on any atom is -0.501 e. The third kappa shape index (κ3) is 2.27. The Bertz CT molecular complexity index is 413. The molecule has 1 aliphatic carbocycles. The SMILES string of the molecule is COC1=CC=C(c2ccc(OC)cc2)CC1. The molecule has 1 aliphatic rings. The fraction of sp³-hybridized carbons (Fsp3) is 0.286. The maximum absolute atomic E-state index is 5.21. The van der Waals surface area contributed by atoms with Gasteiger partial charge in [-0.3, -0.25) is 0 Å². The molecule has 0 fully saturated rings. The van der Waals surface area contributed by atoms with Crippen LogP contribution < -0.4 is 4.74 Å². The van der Waals surface area contributed by atoms with E-state index in [1.54, 1.807) is 14.2 Å². The van der Waals surface area contributed by atoms with Crippen LogP contribution in [0.3, 0.4) is 0 Å². The van der Waals surface area contributed by atoms with E-state index in [1.165, 1.54) is 11.1 Å². The summed E-state index contributed by atoms with van der Waals surface area (Å²) in [5, 5.41) is 0. The van der Waals surface area contributed by atoms with Gasteiger partial charge in [0.1, 0.15) is 5.75 Å². The summed E-state index contributed by atoms with van der Waals surface area (Å²) in [5.74, 6) is 1.95. The van der Waals surface area contributed by atoms with E-state index in [0.717, 1.165) is 24.4 Å². The van der Waals surface area contributed by atoms with Gasteiger partial charge in [0.25, 0.3) is 0 Å². The van der Waals surface area contributed by atoms with Crippen LogP contribution in [0, 0.1) is 0 Å². The average molecular weight is 216 g/mol. The van der Waals surface area contributed by atoms with Gasteiger partial charge in [0.2, 0.25) is 0 Å². The second kappa shape index (κ2) is 4.88. The molecule has 0 aliphatic heterocycles. The third-order valence-corrected chi connectivity index (χ3v) is 2.83. The maximum Gasteiger partial charge on any atom is 0.118 e. The molecule has 0 unspecified atom stereocenters. The van der Waals surface area contributed by atoms with Crippen LogP contribution in [-0.4, -0.2) is 14.2 Å². The zero-order valence-electron chi connectivity index (χ0n) is 9.69. The maximum atomic E-state index is 5.21. The predicted octanol–water partition coefficient (Wildman–Crippen LogP) is 3.40. The summed E-state index contributed by atoms with van der Waals surface area (Å²) in [6, 6.07) is 8.17. The van der Waals surface area contributed by atoms with Gasteiger partial charge in [-0.2, -0.15) is 0 Å². The molecule has 1 aromatic rings.